The van der Waals surface area contributed by atoms with Gasteiger partial charge in [0, 0.05) is 24.0 Å². The van der Waals surface area contributed by atoms with Gasteiger partial charge in [-0.2, -0.15) is 0 Å². The van der Waals surface area contributed by atoms with Gasteiger partial charge in [0.05, 0.1) is 6.20 Å². The highest BCUT2D eigenvalue weighted by molar-refractivity contribution is 5.30. The third-order valence-corrected chi connectivity index (χ3v) is 3.14. The van der Waals surface area contributed by atoms with E-state index in [9.17, 15) is 0 Å². The zero-order chi connectivity index (χ0) is 15.1. The van der Waals surface area contributed by atoms with Crippen molar-refractivity contribution < 1.29 is 4.74 Å². The zero-order valence-corrected chi connectivity index (χ0v) is 13.0. The van der Waals surface area contributed by atoms with Crippen molar-refractivity contribution in [3.63, 3.8) is 0 Å². The Morgan fingerprint density at radius 2 is 2.05 bits per heavy atom. The van der Waals surface area contributed by atoms with Crippen molar-refractivity contribution in [2.24, 2.45) is 0 Å². The molecule has 2 aromatic rings. The van der Waals surface area contributed by atoms with Gasteiger partial charge in [-0.25, -0.2) is 4.98 Å². The van der Waals surface area contributed by atoms with E-state index in [1.165, 1.54) is 5.56 Å². The Morgan fingerprint density at radius 3 is 2.71 bits per heavy atom. The fourth-order valence-corrected chi connectivity index (χ4v) is 2.00. The molecule has 0 saturated carbocycles. The molecule has 0 atom stereocenters. The number of pyridine rings is 2. The number of hydrogen-bond donors (Lipinski definition) is 1. The topological polar surface area (TPSA) is 47.0 Å². The van der Waals surface area contributed by atoms with E-state index in [-0.39, 0.29) is 0 Å². The smallest absolute Gasteiger partial charge is 0.219 e. The number of nitrogens with one attached hydrogen (secondary N) is 1. The van der Waals surface area contributed by atoms with Crippen molar-refractivity contribution in [3.8, 4) is 11.6 Å². The van der Waals surface area contributed by atoms with Gasteiger partial charge >= 0.3 is 0 Å². The molecule has 0 aliphatic carbocycles. The monoisotopic (exact) mass is 285 g/mol. The first-order valence-electron chi connectivity index (χ1n) is 7.52. The van der Waals surface area contributed by atoms with E-state index in [1.54, 1.807) is 6.20 Å². The summed E-state index contributed by atoms with van der Waals surface area (Å²) >= 11 is 0. The molecule has 0 aromatic carbocycles. The molecule has 4 nitrogen and oxygen atoms in total. The molecular formula is C17H23N3O. The molecular weight excluding hydrogens is 262 g/mol. The van der Waals surface area contributed by atoms with Gasteiger partial charge in [-0.05, 0) is 50.1 Å². The highest BCUT2D eigenvalue weighted by atomic mass is 16.5. The molecule has 0 fully saturated rings. The van der Waals surface area contributed by atoms with E-state index in [1.807, 2.05) is 25.1 Å². The molecule has 4 heteroatoms. The first-order valence-corrected chi connectivity index (χ1v) is 7.52. The molecule has 0 radical (unpaired) electrons. The molecule has 1 N–H and O–H groups in total. The van der Waals surface area contributed by atoms with Gasteiger partial charge < -0.3 is 10.1 Å². The minimum Gasteiger partial charge on any atom is -0.437 e. The first-order chi connectivity index (χ1) is 10.2. The van der Waals surface area contributed by atoms with Crippen LogP contribution < -0.4 is 10.1 Å². The van der Waals surface area contributed by atoms with E-state index >= 15 is 0 Å². The third kappa shape index (κ3) is 4.83. The van der Waals surface area contributed by atoms with Crippen LogP contribution in [0.15, 0.2) is 30.5 Å². The Kier molecular flexibility index (Phi) is 5.69. The average molecular weight is 285 g/mol. The summed E-state index contributed by atoms with van der Waals surface area (Å²) < 4.78 is 5.82. The summed E-state index contributed by atoms with van der Waals surface area (Å²) in [6, 6.07) is 7.96. The van der Waals surface area contributed by atoms with Gasteiger partial charge in [-0.3, -0.25) is 4.98 Å². The van der Waals surface area contributed by atoms with Crippen molar-refractivity contribution in [3.05, 3.63) is 47.4 Å². The summed E-state index contributed by atoms with van der Waals surface area (Å²) in [5, 5.41) is 3.41. The summed E-state index contributed by atoms with van der Waals surface area (Å²) in [6.07, 6.45) is 3.75. The number of hydrogen-bond acceptors (Lipinski definition) is 4. The van der Waals surface area contributed by atoms with Gasteiger partial charge in [0.15, 0.2) is 0 Å². The van der Waals surface area contributed by atoms with Gasteiger partial charge in [0.1, 0.15) is 5.75 Å². The highest BCUT2D eigenvalue weighted by Gasteiger charge is 2.05. The van der Waals surface area contributed by atoms with Crippen LogP contribution in [-0.4, -0.2) is 16.5 Å². The summed E-state index contributed by atoms with van der Waals surface area (Å²) in [5.41, 5.74) is 3.22. The number of nitrogens with zero attached hydrogens (tertiary/aromatic N) is 2. The minimum atomic E-state index is 0.633. The van der Waals surface area contributed by atoms with Crippen LogP contribution in [0.2, 0.25) is 0 Å². The maximum atomic E-state index is 5.82. The molecule has 0 spiro atoms. The van der Waals surface area contributed by atoms with Crippen molar-refractivity contribution in [1.29, 1.82) is 0 Å². The molecule has 21 heavy (non-hydrogen) atoms. The van der Waals surface area contributed by atoms with Gasteiger partial charge in [-0.15, -0.1) is 0 Å². The summed E-state index contributed by atoms with van der Waals surface area (Å²) in [6.45, 7) is 8.07. The van der Waals surface area contributed by atoms with Crippen LogP contribution in [0.4, 0.5) is 0 Å². The van der Waals surface area contributed by atoms with E-state index in [0.29, 0.717) is 11.6 Å². The lowest BCUT2D eigenvalue weighted by Crippen LogP contribution is -2.14. The molecule has 2 rings (SSSR count). The van der Waals surface area contributed by atoms with E-state index in [0.717, 1.165) is 37.3 Å². The second-order valence-corrected chi connectivity index (χ2v) is 5.07. The predicted molar refractivity (Wildman–Crippen MR) is 84.7 cm³/mol. The standard InChI is InChI=1S/C17H23N3O/c1-4-8-18-11-14-9-15(5-2)20-17(10-14)21-16-7-6-13(3)19-12-16/h6-7,9-10,12,18H,4-5,8,11H2,1-3H3. The van der Waals surface area contributed by atoms with Crippen LogP contribution in [0.5, 0.6) is 11.6 Å². The van der Waals surface area contributed by atoms with Crippen LogP contribution >= 0.6 is 0 Å². The van der Waals surface area contributed by atoms with Gasteiger partial charge in [0.25, 0.3) is 0 Å². The Balaban J connectivity index is 2.13. The molecule has 112 valence electrons. The molecule has 0 amide bonds. The van der Waals surface area contributed by atoms with E-state index in [2.05, 4.69) is 35.2 Å². The number of ether oxygens (including phenoxy) is 1. The first kappa shape index (κ1) is 15.4. The van der Waals surface area contributed by atoms with Crippen LogP contribution in [0, 0.1) is 6.92 Å². The summed E-state index contributed by atoms with van der Waals surface area (Å²) in [4.78, 5) is 8.76. The minimum absolute atomic E-state index is 0.633. The maximum Gasteiger partial charge on any atom is 0.219 e. The van der Waals surface area contributed by atoms with Crippen molar-refractivity contribution in [1.82, 2.24) is 15.3 Å². The fraction of sp³-hybridized carbons (Fsp3) is 0.412. The third-order valence-electron chi connectivity index (χ3n) is 3.14. The number of aryl methyl sites for hydroxylation is 2. The normalized spacial score (nSPS) is 10.6. The molecule has 0 saturated heterocycles. The summed E-state index contributed by atoms with van der Waals surface area (Å²) in [7, 11) is 0. The highest BCUT2D eigenvalue weighted by Crippen LogP contribution is 2.21. The van der Waals surface area contributed by atoms with E-state index < -0.39 is 0 Å². The number of rotatable bonds is 7. The predicted octanol–water partition coefficient (Wildman–Crippen LogP) is 3.64. The molecule has 0 bridgehead atoms. The largest absolute Gasteiger partial charge is 0.437 e. The molecule has 0 aliphatic rings. The van der Waals surface area contributed by atoms with Crippen LogP contribution in [0.25, 0.3) is 0 Å². The quantitative estimate of drug-likeness (QED) is 0.789. The molecule has 0 unspecified atom stereocenters. The summed E-state index contributed by atoms with van der Waals surface area (Å²) in [5.74, 6) is 1.35. The van der Waals surface area contributed by atoms with Crippen LogP contribution in [-0.2, 0) is 13.0 Å². The fourth-order valence-electron chi connectivity index (χ4n) is 2.00. The molecule has 2 aromatic heterocycles. The molecule has 0 aliphatic heterocycles. The lowest BCUT2D eigenvalue weighted by molar-refractivity contribution is 0.457. The lowest BCUT2D eigenvalue weighted by Gasteiger charge is -2.10. The van der Waals surface area contributed by atoms with E-state index in [4.69, 9.17) is 4.74 Å². The molecule has 2 heterocycles. The Labute approximate surface area is 126 Å². The van der Waals surface area contributed by atoms with Crippen molar-refractivity contribution in [2.75, 3.05) is 6.54 Å². The zero-order valence-electron chi connectivity index (χ0n) is 13.0. The second kappa shape index (κ2) is 7.74. The van der Waals surface area contributed by atoms with Crippen molar-refractivity contribution in [2.45, 2.75) is 40.2 Å². The Morgan fingerprint density at radius 1 is 1.19 bits per heavy atom. The average Bonchev–Trinajstić information content (AvgIpc) is 2.50. The Hall–Kier alpha value is -1.94. The van der Waals surface area contributed by atoms with Gasteiger partial charge in [0.2, 0.25) is 5.88 Å². The SMILES string of the molecule is CCCNCc1cc(CC)nc(Oc2ccc(C)nc2)c1. The van der Waals surface area contributed by atoms with Crippen LogP contribution in [0.3, 0.4) is 0 Å². The number of aromatic nitrogens is 2. The van der Waals surface area contributed by atoms with Crippen LogP contribution in [0.1, 0.15) is 37.2 Å². The second-order valence-electron chi connectivity index (χ2n) is 5.07. The van der Waals surface area contributed by atoms with Crippen molar-refractivity contribution >= 4 is 0 Å². The maximum absolute atomic E-state index is 5.82. The lowest BCUT2D eigenvalue weighted by atomic mass is 10.2. The Bertz CT molecular complexity index is 567. The van der Waals surface area contributed by atoms with Gasteiger partial charge in [-0.1, -0.05) is 13.8 Å².